The van der Waals surface area contributed by atoms with Crippen LogP contribution < -0.4 is 0 Å². The van der Waals surface area contributed by atoms with Gasteiger partial charge in [0.2, 0.25) is 0 Å². The lowest BCUT2D eigenvalue weighted by Crippen LogP contribution is -2.04. The first-order valence-corrected chi connectivity index (χ1v) is 8.33. The maximum Gasteiger partial charge on any atom is 0.305 e. The second kappa shape index (κ2) is 7.64. The third kappa shape index (κ3) is 3.88. The zero-order chi connectivity index (χ0) is 15.2. The lowest BCUT2D eigenvalue weighted by molar-refractivity contribution is -0.143. The molecule has 4 heteroatoms. The summed E-state index contributed by atoms with van der Waals surface area (Å²) in [6, 6.07) is 8.44. The van der Waals surface area contributed by atoms with Gasteiger partial charge in [-0.05, 0) is 48.7 Å². The van der Waals surface area contributed by atoms with Gasteiger partial charge >= 0.3 is 5.97 Å². The lowest BCUT2D eigenvalue weighted by Gasteiger charge is -2.08. The molecule has 114 valence electrons. The van der Waals surface area contributed by atoms with Crippen LogP contribution in [0.25, 0.3) is 10.9 Å². The number of hydrogen-bond donors (Lipinski definition) is 0. The Labute approximate surface area is 134 Å². The van der Waals surface area contributed by atoms with Crippen LogP contribution in [-0.2, 0) is 16.1 Å². The van der Waals surface area contributed by atoms with Crippen LogP contribution in [0, 0.1) is 6.92 Å². The number of aryl methyl sites for hydroxylation is 1. The molecule has 0 saturated heterocycles. The van der Waals surface area contributed by atoms with Crippen molar-refractivity contribution < 1.29 is 9.53 Å². The summed E-state index contributed by atoms with van der Waals surface area (Å²) in [5, 5.41) is 1.27. The molecule has 0 N–H and O–H groups in total. The van der Waals surface area contributed by atoms with Gasteiger partial charge in [-0.2, -0.15) is 0 Å². The first kappa shape index (κ1) is 16.1. The van der Waals surface area contributed by atoms with Crippen LogP contribution in [0.3, 0.4) is 0 Å². The molecule has 0 fully saturated rings. The maximum absolute atomic E-state index is 11.3. The molecular formula is C17H22BrNO2. The van der Waals surface area contributed by atoms with Gasteiger partial charge in [0.15, 0.2) is 0 Å². The van der Waals surface area contributed by atoms with E-state index < -0.39 is 0 Å². The van der Waals surface area contributed by atoms with Gasteiger partial charge in [-0.15, -0.1) is 0 Å². The van der Waals surface area contributed by atoms with Gasteiger partial charge in [-0.25, -0.2) is 0 Å². The van der Waals surface area contributed by atoms with Crippen molar-refractivity contribution in [2.24, 2.45) is 0 Å². The minimum absolute atomic E-state index is 0.0807. The minimum atomic E-state index is -0.0807. The number of esters is 1. The molecule has 0 amide bonds. The Morgan fingerprint density at radius 3 is 2.76 bits per heavy atom. The van der Waals surface area contributed by atoms with Crippen LogP contribution in [0.1, 0.15) is 38.3 Å². The van der Waals surface area contributed by atoms with Crippen LogP contribution in [0.2, 0.25) is 0 Å². The molecule has 0 atom stereocenters. The predicted molar refractivity (Wildman–Crippen MR) is 89.5 cm³/mol. The van der Waals surface area contributed by atoms with Crippen molar-refractivity contribution in [2.45, 2.75) is 46.1 Å². The molecule has 1 aromatic heterocycles. The van der Waals surface area contributed by atoms with Gasteiger partial charge < -0.3 is 9.30 Å². The Hall–Kier alpha value is -1.29. The molecule has 0 spiro atoms. The largest absolute Gasteiger partial charge is 0.466 e. The van der Waals surface area contributed by atoms with E-state index in [9.17, 15) is 4.79 Å². The van der Waals surface area contributed by atoms with E-state index >= 15 is 0 Å². The fraction of sp³-hybridized carbons (Fsp3) is 0.471. The van der Waals surface area contributed by atoms with Gasteiger partial charge in [-0.1, -0.05) is 24.6 Å². The molecule has 2 rings (SSSR count). The standard InChI is InChI=1S/C17H22BrNO2/c1-3-21-16(20)11-5-4-8-12-19-13(2)17(18)14-9-6-7-10-15(14)19/h6-7,9-10H,3-5,8,11-12H2,1-2H3. The molecule has 0 bridgehead atoms. The minimum Gasteiger partial charge on any atom is -0.466 e. The molecule has 0 radical (unpaired) electrons. The Morgan fingerprint density at radius 2 is 2.00 bits per heavy atom. The third-order valence-electron chi connectivity index (χ3n) is 3.72. The molecule has 0 aliphatic carbocycles. The number of nitrogens with zero attached hydrogens (tertiary/aromatic N) is 1. The number of para-hydroxylation sites is 1. The lowest BCUT2D eigenvalue weighted by atomic mass is 10.2. The number of unbranched alkanes of at least 4 members (excludes halogenated alkanes) is 2. The number of carbonyl (C=O) groups is 1. The van der Waals surface area contributed by atoms with E-state index in [1.165, 1.54) is 21.1 Å². The van der Waals surface area contributed by atoms with Gasteiger partial charge in [0.05, 0.1) is 6.61 Å². The predicted octanol–water partition coefficient (Wildman–Crippen LogP) is 4.84. The highest BCUT2D eigenvalue weighted by molar-refractivity contribution is 9.10. The average Bonchev–Trinajstić information content (AvgIpc) is 2.72. The zero-order valence-corrected chi connectivity index (χ0v) is 14.3. The topological polar surface area (TPSA) is 31.2 Å². The van der Waals surface area contributed by atoms with Crippen molar-refractivity contribution in [1.29, 1.82) is 0 Å². The fourth-order valence-corrected chi connectivity index (χ4v) is 3.18. The summed E-state index contributed by atoms with van der Waals surface area (Å²) in [6.07, 6.45) is 3.55. The maximum atomic E-state index is 11.3. The highest BCUT2D eigenvalue weighted by Gasteiger charge is 2.10. The molecule has 1 aromatic carbocycles. The normalized spacial score (nSPS) is 11.0. The molecule has 0 saturated carbocycles. The summed E-state index contributed by atoms with van der Waals surface area (Å²) in [4.78, 5) is 11.3. The van der Waals surface area contributed by atoms with E-state index in [2.05, 4.69) is 51.7 Å². The molecule has 0 unspecified atom stereocenters. The SMILES string of the molecule is CCOC(=O)CCCCCn1c(C)c(Br)c2ccccc21. The molecule has 21 heavy (non-hydrogen) atoms. The van der Waals surface area contributed by atoms with E-state index in [0.717, 1.165) is 25.8 Å². The van der Waals surface area contributed by atoms with Crippen LogP contribution >= 0.6 is 15.9 Å². The smallest absolute Gasteiger partial charge is 0.305 e. The third-order valence-corrected chi connectivity index (χ3v) is 4.72. The van der Waals surface area contributed by atoms with Crippen molar-refractivity contribution in [3.63, 3.8) is 0 Å². The zero-order valence-electron chi connectivity index (χ0n) is 12.7. The van der Waals surface area contributed by atoms with Gasteiger partial charge in [0, 0.05) is 34.0 Å². The van der Waals surface area contributed by atoms with E-state index in [4.69, 9.17) is 4.74 Å². The Bertz CT molecular complexity index is 619. The van der Waals surface area contributed by atoms with Gasteiger partial charge in [-0.3, -0.25) is 4.79 Å². The molecule has 3 nitrogen and oxygen atoms in total. The number of rotatable bonds is 7. The molecule has 0 aliphatic rings. The second-order valence-electron chi connectivity index (χ2n) is 5.18. The number of carbonyl (C=O) groups excluding carboxylic acids is 1. The van der Waals surface area contributed by atoms with E-state index in [1.54, 1.807) is 0 Å². The van der Waals surface area contributed by atoms with Gasteiger partial charge in [0.25, 0.3) is 0 Å². The van der Waals surface area contributed by atoms with Crippen LogP contribution in [-0.4, -0.2) is 17.1 Å². The molecule has 2 aromatic rings. The number of benzene rings is 1. The van der Waals surface area contributed by atoms with E-state index in [1.807, 2.05) is 6.92 Å². The number of halogens is 1. The highest BCUT2D eigenvalue weighted by Crippen LogP contribution is 2.30. The van der Waals surface area contributed by atoms with Crippen LogP contribution in [0.4, 0.5) is 0 Å². The fourth-order valence-electron chi connectivity index (χ4n) is 2.63. The number of fused-ring (bicyclic) bond motifs is 1. The monoisotopic (exact) mass is 351 g/mol. The Kier molecular flexibility index (Phi) is 5.85. The van der Waals surface area contributed by atoms with Crippen molar-refractivity contribution in [1.82, 2.24) is 4.57 Å². The van der Waals surface area contributed by atoms with E-state index in [-0.39, 0.29) is 5.97 Å². The Balaban J connectivity index is 1.89. The summed E-state index contributed by atoms with van der Waals surface area (Å²) < 4.78 is 8.47. The average molecular weight is 352 g/mol. The summed E-state index contributed by atoms with van der Waals surface area (Å²) in [5.41, 5.74) is 2.54. The highest BCUT2D eigenvalue weighted by atomic mass is 79.9. The first-order chi connectivity index (χ1) is 10.1. The van der Waals surface area contributed by atoms with Crippen LogP contribution in [0.5, 0.6) is 0 Å². The van der Waals surface area contributed by atoms with Crippen molar-refractivity contribution in [3.8, 4) is 0 Å². The molecular weight excluding hydrogens is 330 g/mol. The first-order valence-electron chi connectivity index (χ1n) is 7.54. The number of ether oxygens (including phenoxy) is 1. The summed E-state index contributed by atoms with van der Waals surface area (Å²) in [6.45, 7) is 5.45. The van der Waals surface area contributed by atoms with Crippen LogP contribution in [0.15, 0.2) is 28.7 Å². The van der Waals surface area contributed by atoms with Crippen molar-refractivity contribution in [3.05, 3.63) is 34.4 Å². The van der Waals surface area contributed by atoms with Crippen molar-refractivity contribution >= 4 is 32.8 Å². The Morgan fingerprint density at radius 1 is 1.24 bits per heavy atom. The van der Waals surface area contributed by atoms with Gasteiger partial charge in [0.1, 0.15) is 0 Å². The molecule has 0 aliphatic heterocycles. The van der Waals surface area contributed by atoms with E-state index in [0.29, 0.717) is 13.0 Å². The van der Waals surface area contributed by atoms with Crippen molar-refractivity contribution in [2.75, 3.05) is 6.61 Å². The number of hydrogen-bond acceptors (Lipinski definition) is 2. The molecule has 1 heterocycles. The summed E-state index contributed by atoms with van der Waals surface area (Å²) in [5.74, 6) is -0.0807. The number of aromatic nitrogens is 1. The quantitative estimate of drug-likeness (QED) is 0.528. The second-order valence-corrected chi connectivity index (χ2v) is 5.98. The summed E-state index contributed by atoms with van der Waals surface area (Å²) in [7, 11) is 0. The summed E-state index contributed by atoms with van der Waals surface area (Å²) >= 11 is 3.68.